The number of alkyl halides is 3. The smallest absolute Gasteiger partial charge is 0.391 e. The maximum atomic E-state index is 13.4. The molecule has 0 aliphatic carbocycles. The SMILES string of the molecule is CC1CCN(c2nc(Nc3ccc(N4CC[C@@H](O)C4)cc3)ncc2C(F)(F)F)C1. The van der Waals surface area contributed by atoms with E-state index < -0.39 is 11.7 Å². The van der Waals surface area contributed by atoms with Crippen LogP contribution in [0.2, 0.25) is 0 Å². The molecule has 1 aromatic carbocycles. The highest BCUT2D eigenvalue weighted by molar-refractivity contribution is 5.61. The Balaban J connectivity index is 1.54. The summed E-state index contributed by atoms with van der Waals surface area (Å²) in [5.41, 5.74) is 0.876. The maximum absolute atomic E-state index is 13.4. The number of aromatic nitrogens is 2. The first-order chi connectivity index (χ1) is 13.8. The van der Waals surface area contributed by atoms with Gasteiger partial charge < -0.3 is 20.2 Å². The van der Waals surface area contributed by atoms with Gasteiger partial charge in [-0.3, -0.25) is 0 Å². The highest BCUT2D eigenvalue weighted by atomic mass is 19.4. The number of aliphatic hydroxyl groups is 1. The third kappa shape index (κ3) is 4.39. The fraction of sp³-hybridized carbons (Fsp3) is 0.500. The van der Waals surface area contributed by atoms with Crippen molar-refractivity contribution in [3.8, 4) is 0 Å². The van der Waals surface area contributed by atoms with Crippen molar-refractivity contribution in [3.63, 3.8) is 0 Å². The lowest BCUT2D eigenvalue weighted by atomic mass is 10.2. The Morgan fingerprint density at radius 2 is 1.79 bits per heavy atom. The van der Waals surface area contributed by atoms with Crippen molar-refractivity contribution in [2.24, 2.45) is 5.92 Å². The monoisotopic (exact) mass is 407 g/mol. The van der Waals surface area contributed by atoms with Gasteiger partial charge in [-0.05, 0) is 43.0 Å². The van der Waals surface area contributed by atoms with Gasteiger partial charge in [-0.15, -0.1) is 0 Å². The zero-order valence-electron chi connectivity index (χ0n) is 16.2. The molecule has 0 saturated carbocycles. The lowest BCUT2D eigenvalue weighted by Crippen LogP contribution is -2.25. The predicted octanol–water partition coefficient (Wildman–Crippen LogP) is 3.66. The molecule has 2 saturated heterocycles. The highest BCUT2D eigenvalue weighted by Crippen LogP contribution is 2.37. The van der Waals surface area contributed by atoms with Crippen LogP contribution >= 0.6 is 0 Å². The lowest BCUT2D eigenvalue weighted by Gasteiger charge is -2.22. The van der Waals surface area contributed by atoms with Crippen LogP contribution in [0.3, 0.4) is 0 Å². The van der Waals surface area contributed by atoms with Crippen molar-refractivity contribution < 1.29 is 18.3 Å². The van der Waals surface area contributed by atoms with E-state index >= 15 is 0 Å². The number of hydrogen-bond donors (Lipinski definition) is 2. The van der Waals surface area contributed by atoms with E-state index in [0.717, 1.165) is 31.3 Å². The molecule has 4 rings (SSSR count). The molecular formula is C20H24F3N5O. The number of rotatable bonds is 4. The van der Waals surface area contributed by atoms with E-state index in [0.29, 0.717) is 31.2 Å². The van der Waals surface area contributed by atoms with Crippen LogP contribution in [0.1, 0.15) is 25.3 Å². The van der Waals surface area contributed by atoms with Crippen molar-refractivity contribution in [1.82, 2.24) is 9.97 Å². The van der Waals surface area contributed by atoms with Gasteiger partial charge in [0.25, 0.3) is 0 Å². The van der Waals surface area contributed by atoms with Gasteiger partial charge in [0, 0.05) is 43.8 Å². The van der Waals surface area contributed by atoms with Crippen molar-refractivity contribution in [2.75, 3.05) is 41.3 Å². The van der Waals surface area contributed by atoms with Crippen LogP contribution in [-0.4, -0.2) is 47.4 Å². The van der Waals surface area contributed by atoms with Gasteiger partial charge >= 0.3 is 6.18 Å². The number of nitrogens with one attached hydrogen (secondary N) is 1. The fourth-order valence-electron chi connectivity index (χ4n) is 3.86. The van der Waals surface area contributed by atoms with E-state index in [1.807, 2.05) is 31.2 Å². The first kappa shape index (κ1) is 19.8. The Hall–Kier alpha value is -2.55. The van der Waals surface area contributed by atoms with E-state index in [9.17, 15) is 18.3 Å². The number of β-amino-alcohol motifs (C(OH)–C–C–N with tert-alkyl or cyclic N) is 1. The Bertz CT molecular complexity index is 858. The summed E-state index contributed by atoms with van der Waals surface area (Å²) < 4.78 is 40.3. The molecule has 29 heavy (non-hydrogen) atoms. The summed E-state index contributed by atoms with van der Waals surface area (Å²) in [4.78, 5) is 11.9. The van der Waals surface area contributed by atoms with E-state index in [1.54, 1.807) is 4.90 Å². The quantitative estimate of drug-likeness (QED) is 0.807. The maximum Gasteiger partial charge on any atom is 0.421 e. The minimum absolute atomic E-state index is 0.0676. The van der Waals surface area contributed by atoms with Crippen LogP contribution < -0.4 is 15.1 Å². The van der Waals surface area contributed by atoms with Gasteiger partial charge in [0.15, 0.2) is 0 Å². The minimum atomic E-state index is -4.50. The average Bonchev–Trinajstić information content (AvgIpc) is 3.30. The standard InChI is InChI=1S/C20H24F3N5O/c1-13-6-8-28(11-13)18-17(20(21,22)23)10-24-19(26-18)25-14-2-4-15(5-3-14)27-9-7-16(29)12-27/h2-5,10,13,16,29H,6-9,11-12H2,1H3,(H,24,25,26)/t13?,16-/m1/s1. The summed E-state index contributed by atoms with van der Waals surface area (Å²) in [5, 5.41) is 12.7. The zero-order valence-corrected chi connectivity index (χ0v) is 16.2. The summed E-state index contributed by atoms with van der Waals surface area (Å²) in [5.74, 6) is 0.401. The third-order valence-electron chi connectivity index (χ3n) is 5.45. The first-order valence-corrected chi connectivity index (χ1v) is 9.79. The minimum Gasteiger partial charge on any atom is -0.391 e. The second kappa shape index (κ2) is 7.70. The van der Waals surface area contributed by atoms with Gasteiger partial charge in [-0.25, -0.2) is 4.98 Å². The van der Waals surface area contributed by atoms with Crippen molar-refractivity contribution in [3.05, 3.63) is 36.0 Å². The molecule has 3 heterocycles. The molecule has 2 aromatic rings. The summed E-state index contributed by atoms with van der Waals surface area (Å²) in [6, 6.07) is 7.48. The Morgan fingerprint density at radius 3 is 2.38 bits per heavy atom. The Kier molecular flexibility index (Phi) is 5.24. The van der Waals surface area contributed by atoms with E-state index in [-0.39, 0.29) is 17.9 Å². The largest absolute Gasteiger partial charge is 0.421 e. The summed E-state index contributed by atoms with van der Waals surface area (Å²) in [7, 11) is 0. The average molecular weight is 407 g/mol. The molecule has 0 radical (unpaired) electrons. The lowest BCUT2D eigenvalue weighted by molar-refractivity contribution is -0.137. The molecular weight excluding hydrogens is 383 g/mol. The van der Waals surface area contributed by atoms with E-state index in [2.05, 4.69) is 20.2 Å². The van der Waals surface area contributed by atoms with E-state index in [1.165, 1.54) is 0 Å². The number of nitrogens with zero attached hydrogens (tertiary/aromatic N) is 4. The van der Waals surface area contributed by atoms with Gasteiger partial charge in [0.1, 0.15) is 11.4 Å². The fourth-order valence-corrected chi connectivity index (χ4v) is 3.86. The molecule has 9 heteroatoms. The molecule has 2 aliphatic heterocycles. The van der Waals surface area contributed by atoms with Crippen LogP contribution in [0.15, 0.2) is 30.5 Å². The summed E-state index contributed by atoms with van der Waals surface area (Å²) >= 11 is 0. The van der Waals surface area contributed by atoms with Crippen LogP contribution in [-0.2, 0) is 6.18 Å². The Labute approximate surface area is 167 Å². The molecule has 0 bridgehead atoms. The number of benzene rings is 1. The number of aliphatic hydroxyl groups excluding tert-OH is 1. The van der Waals surface area contributed by atoms with Crippen molar-refractivity contribution in [1.29, 1.82) is 0 Å². The van der Waals surface area contributed by atoms with Crippen LogP contribution in [0.4, 0.5) is 36.3 Å². The van der Waals surface area contributed by atoms with Gasteiger partial charge in [0.05, 0.1) is 6.10 Å². The first-order valence-electron chi connectivity index (χ1n) is 9.79. The molecule has 2 N–H and O–H groups in total. The van der Waals surface area contributed by atoms with Crippen LogP contribution in [0, 0.1) is 5.92 Å². The van der Waals surface area contributed by atoms with Gasteiger partial charge in [-0.2, -0.15) is 18.2 Å². The van der Waals surface area contributed by atoms with E-state index in [4.69, 9.17) is 0 Å². The second-order valence-electron chi connectivity index (χ2n) is 7.83. The predicted molar refractivity (Wildman–Crippen MR) is 106 cm³/mol. The highest BCUT2D eigenvalue weighted by Gasteiger charge is 2.38. The Morgan fingerprint density at radius 1 is 1.07 bits per heavy atom. The van der Waals surface area contributed by atoms with Gasteiger partial charge in [-0.1, -0.05) is 6.92 Å². The number of hydrogen-bond acceptors (Lipinski definition) is 6. The summed E-state index contributed by atoms with van der Waals surface area (Å²) in [6.45, 7) is 4.53. The molecule has 1 unspecified atom stereocenters. The van der Waals surface area contributed by atoms with Crippen molar-refractivity contribution >= 4 is 23.1 Å². The van der Waals surface area contributed by atoms with Crippen LogP contribution in [0.25, 0.3) is 0 Å². The molecule has 6 nitrogen and oxygen atoms in total. The number of halogens is 3. The van der Waals surface area contributed by atoms with Crippen LogP contribution in [0.5, 0.6) is 0 Å². The second-order valence-corrected chi connectivity index (χ2v) is 7.83. The molecule has 2 fully saturated rings. The molecule has 2 aliphatic rings. The van der Waals surface area contributed by atoms with Crippen molar-refractivity contribution in [2.45, 2.75) is 32.0 Å². The molecule has 0 spiro atoms. The normalized spacial score (nSPS) is 22.4. The molecule has 1 aromatic heterocycles. The third-order valence-corrected chi connectivity index (χ3v) is 5.45. The zero-order chi connectivity index (χ0) is 20.6. The topological polar surface area (TPSA) is 64.5 Å². The molecule has 2 atom stereocenters. The number of anilines is 4. The summed E-state index contributed by atoms with van der Waals surface area (Å²) in [6.07, 6.45) is -2.36. The van der Waals surface area contributed by atoms with Gasteiger partial charge in [0.2, 0.25) is 5.95 Å². The molecule has 0 amide bonds. The molecule has 156 valence electrons.